The molecule has 1 atom stereocenters. The molecule has 2 N–H and O–H groups in total. The van der Waals surface area contributed by atoms with Crippen molar-refractivity contribution >= 4 is 11.9 Å². The lowest BCUT2D eigenvalue weighted by Crippen LogP contribution is -2.44. The van der Waals surface area contributed by atoms with Crippen molar-refractivity contribution in [1.82, 2.24) is 15.5 Å². The van der Waals surface area contributed by atoms with Gasteiger partial charge >= 0.3 is 6.03 Å². The van der Waals surface area contributed by atoms with Crippen LogP contribution in [0.1, 0.15) is 63.0 Å². The standard InChI is InChI=1S/C20H29N3O2/c24-19(13-14-21-20(25)22-17-10-5-2-6-11-17)23-15-7-12-18(23)16-8-3-1-4-9-16/h1,3-4,8-9,17-18H,2,5-7,10-15H2,(H2,21,22,25)/t18-/m1/s1. The Hall–Kier alpha value is -2.04. The number of nitrogens with one attached hydrogen (secondary N) is 2. The van der Waals surface area contributed by atoms with E-state index in [9.17, 15) is 9.59 Å². The molecule has 1 saturated heterocycles. The fraction of sp³-hybridized carbons (Fsp3) is 0.600. The second-order valence-electron chi connectivity index (χ2n) is 7.14. The number of urea groups is 1. The first kappa shape index (κ1) is 17.8. The monoisotopic (exact) mass is 343 g/mol. The van der Waals surface area contributed by atoms with Gasteiger partial charge in [0.2, 0.25) is 5.91 Å². The van der Waals surface area contributed by atoms with Crippen molar-refractivity contribution < 1.29 is 9.59 Å². The summed E-state index contributed by atoms with van der Waals surface area (Å²) in [5.41, 5.74) is 1.20. The third-order valence-corrected chi connectivity index (χ3v) is 5.32. The predicted molar refractivity (Wildman–Crippen MR) is 98.2 cm³/mol. The minimum absolute atomic E-state index is 0.129. The van der Waals surface area contributed by atoms with Gasteiger partial charge in [0.15, 0.2) is 0 Å². The Labute approximate surface area is 150 Å². The van der Waals surface area contributed by atoms with Gasteiger partial charge in [0.1, 0.15) is 0 Å². The highest BCUT2D eigenvalue weighted by atomic mass is 16.2. The van der Waals surface area contributed by atoms with E-state index in [1.807, 2.05) is 23.1 Å². The van der Waals surface area contributed by atoms with E-state index in [4.69, 9.17) is 0 Å². The highest BCUT2D eigenvalue weighted by Crippen LogP contribution is 2.32. The van der Waals surface area contributed by atoms with Crippen molar-refractivity contribution in [2.45, 2.75) is 63.5 Å². The molecular weight excluding hydrogens is 314 g/mol. The summed E-state index contributed by atoms with van der Waals surface area (Å²) in [7, 11) is 0. The molecule has 5 nitrogen and oxygen atoms in total. The Kier molecular flexibility index (Phi) is 6.31. The van der Waals surface area contributed by atoms with Crippen LogP contribution in [0.2, 0.25) is 0 Å². The minimum atomic E-state index is -0.138. The van der Waals surface area contributed by atoms with Gasteiger partial charge < -0.3 is 15.5 Å². The van der Waals surface area contributed by atoms with Gasteiger partial charge in [-0.15, -0.1) is 0 Å². The smallest absolute Gasteiger partial charge is 0.315 e. The maximum atomic E-state index is 12.6. The van der Waals surface area contributed by atoms with E-state index >= 15 is 0 Å². The van der Waals surface area contributed by atoms with Crippen LogP contribution in [0.4, 0.5) is 4.79 Å². The first-order valence-electron chi connectivity index (χ1n) is 9.63. The molecule has 5 heteroatoms. The Bertz CT molecular complexity index is 570. The maximum Gasteiger partial charge on any atom is 0.315 e. The number of hydrogen-bond acceptors (Lipinski definition) is 2. The van der Waals surface area contributed by atoms with Crippen LogP contribution in [0.5, 0.6) is 0 Å². The van der Waals surface area contributed by atoms with Crippen LogP contribution in [0.15, 0.2) is 30.3 Å². The average molecular weight is 343 g/mol. The molecule has 2 aliphatic rings. The lowest BCUT2D eigenvalue weighted by Gasteiger charge is -2.25. The Morgan fingerprint density at radius 3 is 2.52 bits per heavy atom. The van der Waals surface area contributed by atoms with Gasteiger partial charge in [-0.1, -0.05) is 49.6 Å². The van der Waals surface area contributed by atoms with Crippen LogP contribution < -0.4 is 10.6 Å². The van der Waals surface area contributed by atoms with Crippen molar-refractivity contribution in [1.29, 1.82) is 0 Å². The predicted octanol–water partition coefficient (Wildman–Crippen LogP) is 3.37. The summed E-state index contributed by atoms with van der Waals surface area (Å²) in [5, 5.41) is 5.86. The van der Waals surface area contributed by atoms with Gasteiger partial charge in [0.25, 0.3) is 0 Å². The van der Waals surface area contributed by atoms with E-state index in [0.29, 0.717) is 19.0 Å². The van der Waals surface area contributed by atoms with Gasteiger partial charge in [-0.05, 0) is 31.2 Å². The molecule has 3 rings (SSSR count). The van der Waals surface area contributed by atoms with Crippen LogP contribution in [0.3, 0.4) is 0 Å². The van der Waals surface area contributed by atoms with Crippen molar-refractivity contribution in [3.05, 3.63) is 35.9 Å². The van der Waals surface area contributed by atoms with Crippen LogP contribution in [-0.2, 0) is 4.79 Å². The van der Waals surface area contributed by atoms with Gasteiger partial charge in [0.05, 0.1) is 6.04 Å². The highest BCUT2D eigenvalue weighted by Gasteiger charge is 2.29. The van der Waals surface area contributed by atoms with Crippen LogP contribution in [0.25, 0.3) is 0 Å². The molecule has 1 aromatic carbocycles. The number of rotatable bonds is 5. The molecule has 0 radical (unpaired) electrons. The second kappa shape index (κ2) is 8.88. The normalized spacial score (nSPS) is 21.1. The van der Waals surface area contributed by atoms with Crippen molar-refractivity contribution in [2.24, 2.45) is 0 Å². The second-order valence-corrected chi connectivity index (χ2v) is 7.14. The molecule has 1 aromatic rings. The van der Waals surface area contributed by atoms with E-state index in [2.05, 4.69) is 22.8 Å². The summed E-state index contributed by atoms with van der Waals surface area (Å²) in [4.78, 5) is 26.5. The number of hydrogen-bond donors (Lipinski definition) is 2. The minimum Gasteiger partial charge on any atom is -0.338 e. The molecule has 1 saturated carbocycles. The van der Waals surface area contributed by atoms with Crippen LogP contribution >= 0.6 is 0 Å². The molecule has 2 fully saturated rings. The third kappa shape index (κ3) is 4.97. The largest absolute Gasteiger partial charge is 0.338 e. The summed E-state index contributed by atoms with van der Waals surface area (Å²) in [6.07, 6.45) is 8.22. The fourth-order valence-electron chi connectivity index (χ4n) is 4.00. The van der Waals surface area contributed by atoms with Gasteiger partial charge in [-0.3, -0.25) is 4.79 Å². The zero-order valence-electron chi connectivity index (χ0n) is 14.9. The molecule has 0 bridgehead atoms. The summed E-state index contributed by atoms with van der Waals surface area (Å²) in [6, 6.07) is 10.6. The molecule has 0 aromatic heterocycles. The molecule has 0 spiro atoms. The van der Waals surface area contributed by atoms with Gasteiger partial charge in [-0.2, -0.15) is 0 Å². The summed E-state index contributed by atoms with van der Waals surface area (Å²) in [5.74, 6) is 0.129. The number of benzene rings is 1. The summed E-state index contributed by atoms with van der Waals surface area (Å²) >= 11 is 0. The molecular formula is C20H29N3O2. The first-order valence-corrected chi connectivity index (χ1v) is 9.63. The molecule has 3 amide bonds. The van der Waals surface area contributed by atoms with E-state index in [1.165, 1.54) is 24.8 Å². The first-order chi connectivity index (χ1) is 12.2. The summed E-state index contributed by atoms with van der Waals surface area (Å²) in [6.45, 7) is 1.21. The molecule has 136 valence electrons. The topological polar surface area (TPSA) is 61.4 Å². The zero-order valence-corrected chi connectivity index (χ0v) is 14.9. The Morgan fingerprint density at radius 2 is 1.76 bits per heavy atom. The Balaban J connectivity index is 1.42. The zero-order chi connectivity index (χ0) is 17.5. The van der Waals surface area contributed by atoms with Gasteiger partial charge in [-0.25, -0.2) is 4.79 Å². The van der Waals surface area contributed by atoms with E-state index in [-0.39, 0.29) is 18.0 Å². The Morgan fingerprint density at radius 1 is 1.00 bits per heavy atom. The van der Waals surface area contributed by atoms with Crippen molar-refractivity contribution in [3.8, 4) is 0 Å². The number of amides is 3. The molecule has 1 aliphatic heterocycles. The lowest BCUT2D eigenvalue weighted by atomic mass is 9.96. The number of likely N-dealkylation sites (tertiary alicyclic amines) is 1. The van der Waals surface area contributed by atoms with Gasteiger partial charge in [0, 0.05) is 25.6 Å². The maximum absolute atomic E-state index is 12.6. The lowest BCUT2D eigenvalue weighted by molar-refractivity contribution is -0.132. The van der Waals surface area contributed by atoms with Crippen molar-refractivity contribution in [2.75, 3.05) is 13.1 Å². The van der Waals surface area contributed by atoms with Crippen LogP contribution in [-0.4, -0.2) is 36.0 Å². The highest BCUT2D eigenvalue weighted by molar-refractivity contribution is 5.79. The molecule has 1 aliphatic carbocycles. The molecule has 1 heterocycles. The third-order valence-electron chi connectivity index (χ3n) is 5.32. The van der Waals surface area contributed by atoms with E-state index in [0.717, 1.165) is 32.2 Å². The fourth-order valence-corrected chi connectivity index (χ4v) is 4.00. The van der Waals surface area contributed by atoms with Crippen molar-refractivity contribution in [3.63, 3.8) is 0 Å². The molecule has 0 unspecified atom stereocenters. The average Bonchev–Trinajstić information content (AvgIpc) is 3.13. The number of carbonyl (C=O) groups excluding carboxylic acids is 2. The number of carbonyl (C=O) groups is 2. The quantitative estimate of drug-likeness (QED) is 0.861. The molecule has 25 heavy (non-hydrogen) atoms. The van der Waals surface area contributed by atoms with E-state index in [1.54, 1.807) is 0 Å². The SMILES string of the molecule is O=C(NCCC(=O)N1CCC[C@@H]1c1ccccc1)NC1CCCCC1. The van der Waals surface area contributed by atoms with E-state index < -0.39 is 0 Å². The van der Waals surface area contributed by atoms with Crippen LogP contribution in [0, 0.1) is 0 Å². The number of nitrogens with zero attached hydrogens (tertiary/aromatic N) is 1. The summed E-state index contributed by atoms with van der Waals surface area (Å²) < 4.78 is 0.